The lowest BCUT2D eigenvalue weighted by molar-refractivity contribution is 0.273. The normalized spacial score (nSPS) is 11.4. The van der Waals surface area contributed by atoms with Gasteiger partial charge in [0.25, 0.3) is 0 Å². The van der Waals surface area contributed by atoms with Crippen molar-refractivity contribution in [3.63, 3.8) is 0 Å². The van der Waals surface area contributed by atoms with Crippen molar-refractivity contribution in [3.05, 3.63) is 39.8 Å². The Morgan fingerprint density at radius 2 is 2.17 bits per heavy atom. The fraction of sp³-hybridized carbons (Fsp3) is 0.368. The number of rotatable bonds is 7. The fourth-order valence-electron chi connectivity index (χ4n) is 2.08. The molecule has 1 heterocycles. The van der Waals surface area contributed by atoms with Gasteiger partial charge in [-0.2, -0.15) is 5.26 Å². The topological polar surface area (TPSA) is 55.1 Å². The molecule has 1 aromatic heterocycles. The molecule has 2 aromatic rings. The lowest BCUT2D eigenvalue weighted by Gasteiger charge is -2.12. The van der Waals surface area contributed by atoms with Crippen LogP contribution in [0.15, 0.2) is 23.6 Å². The van der Waals surface area contributed by atoms with Crippen molar-refractivity contribution < 1.29 is 9.47 Å². The Labute approximate surface area is 147 Å². The highest BCUT2D eigenvalue weighted by atomic mass is 32.1. The van der Waals surface area contributed by atoms with E-state index in [1.54, 1.807) is 7.11 Å². The van der Waals surface area contributed by atoms with Crippen LogP contribution in [0.5, 0.6) is 11.5 Å². The van der Waals surface area contributed by atoms with Gasteiger partial charge in [-0.1, -0.05) is 19.9 Å². The van der Waals surface area contributed by atoms with Crippen LogP contribution < -0.4 is 9.47 Å². The smallest absolute Gasteiger partial charge is 0.161 e. The zero-order chi connectivity index (χ0) is 17.5. The van der Waals surface area contributed by atoms with Crippen LogP contribution in [0.1, 0.15) is 36.5 Å². The Hall–Kier alpha value is -2.32. The van der Waals surface area contributed by atoms with Crippen LogP contribution >= 0.6 is 11.3 Å². The summed E-state index contributed by atoms with van der Waals surface area (Å²) in [6, 6.07) is 7.90. The van der Waals surface area contributed by atoms with Crippen LogP contribution in [0, 0.1) is 24.2 Å². The number of aryl methyl sites for hydroxylation is 1. The molecule has 5 heteroatoms. The average Bonchev–Trinajstić information content (AvgIpc) is 2.99. The number of methoxy groups -OCH3 is 1. The van der Waals surface area contributed by atoms with Crippen LogP contribution in [0.3, 0.4) is 0 Å². The first-order valence-corrected chi connectivity index (χ1v) is 8.76. The number of benzene rings is 1. The van der Waals surface area contributed by atoms with Gasteiger partial charge in [0, 0.05) is 11.1 Å². The van der Waals surface area contributed by atoms with E-state index in [0.717, 1.165) is 28.4 Å². The van der Waals surface area contributed by atoms with Crippen molar-refractivity contribution in [1.29, 1.82) is 5.26 Å². The van der Waals surface area contributed by atoms with Crippen molar-refractivity contribution >= 4 is 23.0 Å². The summed E-state index contributed by atoms with van der Waals surface area (Å²) in [7, 11) is 1.62. The molecule has 0 radical (unpaired) electrons. The number of hydrogen-bond donors (Lipinski definition) is 0. The number of hydrogen-bond acceptors (Lipinski definition) is 5. The minimum Gasteiger partial charge on any atom is -0.493 e. The van der Waals surface area contributed by atoms with Gasteiger partial charge in [-0.25, -0.2) is 4.98 Å². The Morgan fingerprint density at radius 3 is 2.75 bits per heavy atom. The molecular formula is C19H22N2O2S. The van der Waals surface area contributed by atoms with Crippen LogP contribution in [-0.2, 0) is 0 Å². The zero-order valence-electron chi connectivity index (χ0n) is 14.5. The summed E-state index contributed by atoms with van der Waals surface area (Å²) in [5, 5.41) is 12.1. The highest BCUT2D eigenvalue weighted by molar-refractivity contribution is 7.11. The zero-order valence-corrected chi connectivity index (χ0v) is 15.3. The SMILES string of the molecule is COc1cc(/C=C(\C#N)c2nc(C)cs2)ccc1OCCC(C)C. The number of nitriles is 1. The standard InChI is InChI=1S/C19H22N2O2S/c1-13(2)7-8-23-17-6-5-15(10-18(17)22-4)9-16(11-20)19-21-14(3)12-24-19/h5-6,9-10,12-13H,7-8H2,1-4H3/b16-9+. The number of aromatic nitrogens is 1. The highest BCUT2D eigenvalue weighted by Crippen LogP contribution is 2.30. The van der Waals surface area contributed by atoms with Gasteiger partial charge in [-0.3, -0.25) is 0 Å². The van der Waals surface area contributed by atoms with Crippen molar-refractivity contribution in [1.82, 2.24) is 4.98 Å². The van der Waals surface area contributed by atoms with Crippen LogP contribution in [0.25, 0.3) is 11.6 Å². The molecule has 0 fully saturated rings. The predicted octanol–water partition coefficient (Wildman–Crippen LogP) is 4.95. The molecule has 1 aromatic carbocycles. The third kappa shape index (κ3) is 4.84. The number of thiazole rings is 1. The predicted molar refractivity (Wildman–Crippen MR) is 98.3 cm³/mol. The van der Waals surface area contributed by atoms with E-state index >= 15 is 0 Å². The average molecular weight is 342 g/mol. The van der Waals surface area contributed by atoms with Crippen LogP contribution in [0.2, 0.25) is 0 Å². The molecule has 2 rings (SSSR count). The molecule has 0 N–H and O–H groups in total. The molecule has 0 amide bonds. The quantitative estimate of drug-likeness (QED) is 0.668. The molecule has 0 atom stereocenters. The molecule has 0 unspecified atom stereocenters. The van der Waals surface area contributed by atoms with Gasteiger partial charge in [0.1, 0.15) is 11.1 Å². The Balaban J connectivity index is 2.22. The number of ether oxygens (including phenoxy) is 2. The molecule has 24 heavy (non-hydrogen) atoms. The van der Waals surface area contributed by atoms with E-state index < -0.39 is 0 Å². The minimum atomic E-state index is 0.545. The second kappa shape index (κ2) is 8.51. The molecule has 0 saturated heterocycles. The van der Waals surface area contributed by atoms with Gasteiger partial charge in [-0.15, -0.1) is 11.3 Å². The Kier molecular flexibility index (Phi) is 6.39. The summed E-state index contributed by atoms with van der Waals surface area (Å²) < 4.78 is 11.2. The van der Waals surface area contributed by atoms with Gasteiger partial charge in [-0.05, 0) is 43.0 Å². The maximum absolute atomic E-state index is 9.39. The molecule has 0 spiro atoms. The van der Waals surface area contributed by atoms with Gasteiger partial charge in [0.05, 0.1) is 19.3 Å². The van der Waals surface area contributed by atoms with Crippen molar-refractivity contribution in [2.45, 2.75) is 27.2 Å². The summed E-state index contributed by atoms with van der Waals surface area (Å²) >= 11 is 1.47. The molecule has 0 aliphatic heterocycles. The van der Waals surface area contributed by atoms with E-state index in [1.165, 1.54) is 11.3 Å². The first-order valence-electron chi connectivity index (χ1n) is 7.88. The monoisotopic (exact) mass is 342 g/mol. The maximum Gasteiger partial charge on any atom is 0.161 e. The maximum atomic E-state index is 9.39. The molecule has 0 saturated carbocycles. The summed E-state index contributed by atoms with van der Waals surface area (Å²) in [5.41, 5.74) is 2.35. The van der Waals surface area contributed by atoms with Crippen LogP contribution in [0.4, 0.5) is 0 Å². The second-order valence-electron chi connectivity index (χ2n) is 5.91. The van der Waals surface area contributed by atoms with Gasteiger partial charge < -0.3 is 9.47 Å². The molecular weight excluding hydrogens is 320 g/mol. The Bertz CT molecular complexity index is 757. The van der Waals surface area contributed by atoms with Gasteiger partial charge in [0.2, 0.25) is 0 Å². The molecule has 0 bridgehead atoms. The largest absolute Gasteiger partial charge is 0.493 e. The molecule has 0 aliphatic carbocycles. The number of allylic oxidation sites excluding steroid dienone is 1. The molecule has 4 nitrogen and oxygen atoms in total. The minimum absolute atomic E-state index is 0.545. The van der Waals surface area contributed by atoms with E-state index in [9.17, 15) is 5.26 Å². The summed E-state index contributed by atoms with van der Waals surface area (Å²) in [6.45, 7) is 6.91. The van der Waals surface area contributed by atoms with Crippen LogP contribution in [-0.4, -0.2) is 18.7 Å². The fourth-order valence-corrected chi connectivity index (χ4v) is 2.85. The number of nitrogens with zero attached hydrogens (tertiary/aromatic N) is 2. The summed E-state index contributed by atoms with van der Waals surface area (Å²) in [4.78, 5) is 4.37. The highest BCUT2D eigenvalue weighted by Gasteiger charge is 2.09. The lowest BCUT2D eigenvalue weighted by Crippen LogP contribution is -2.02. The van der Waals surface area contributed by atoms with Gasteiger partial charge >= 0.3 is 0 Å². The summed E-state index contributed by atoms with van der Waals surface area (Å²) in [6.07, 6.45) is 2.81. The van der Waals surface area contributed by atoms with Crippen molar-refractivity contribution in [3.8, 4) is 17.6 Å². The Morgan fingerprint density at radius 1 is 1.38 bits per heavy atom. The van der Waals surface area contributed by atoms with Crippen molar-refractivity contribution in [2.24, 2.45) is 5.92 Å². The lowest BCUT2D eigenvalue weighted by atomic mass is 10.1. The van der Waals surface area contributed by atoms with E-state index in [0.29, 0.717) is 23.8 Å². The van der Waals surface area contributed by atoms with Crippen molar-refractivity contribution in [2.75, 3.05) is 13.7 Å². The van der Waals surface area contributed by atoms with E-state index in [4.69, 9.17) is 9.47 Å². The van der Waals surface area contributed by atoms with E-state index in [2.05, 4.69) is 24.9 Å². The molecule has 126 valence electrons. The first-order chi connectivity index (χ1) is 11.5. The van der Waals surface area contributed by atoms with Gasteiger partial charge in [0.15, 0.2) is 11.5 Å². The summed E-state index contributed by atoms with van der Waals surface area (Å²) in [5.74, 6) is 1.98. The first kappa shape index (κ1) is 18.0. The molecule has 0 aliphatic rings. The van der Waals surface area contributed by atoms with E-state index in [-0.39, 0.29) is 0 Å². The third-order valence-electron chi connectivity index (χ3n) is 3.42. The second-order valence-corrected chi connectivity index (χ2v) is 6.76. The third-order valence-corrected chi connectivity index (χ3v) is 4.41. The van der Waals surface area contributed by atoms with E-state index in [1.807, 2.05) is 36.6 Å².